The largest absolute Gasteiger partial charge is 0.365 e. The second kappa shape index (κ2) is 3.27. The topological polar surface area (TPSA) is 75.9 Å². The summed E-state index contributed by atoms with van der Waals surface area (Å²) in [4.78, 5) is 15.4. The van der Waals surface area contributed by atoms with Gasteiger partial charge < -0.3 is 0 Å². The van der Waals surface area contributed by atoms with E-state index in [4.69, 9.17) is 0 Å². The number of aromatic amines is 1. The van der Waals surface area contributed by atoms with Crippen LogP contribution >= 0.6 is 0 Å². The van der Waals surface area contributed by atoms with Gasteiger partial charge in [-0.15, -0.1) is 9.61 Å². The second-order valence-electron chi connectivity index (χ2n) is 3.25. The van der Waals surface area contributed by atoms with Gasteiger partial charge in [-0.3, -0.25) is 0 Å². The zero-order valence-corrected chi connectivity index (χ0v) is 8.16. The highest BCUT2D eigenvalue weighted by Gasteiger charge is 2.05. The normalized spacial score (nSPS) is 10.8. The minimum Gasteiger partial charge on any atom is -0.244 e. The van der Waals surface area contributed by atoms with Crippen LogP contribution in [0.5, 0.6) is 0 Å². The second-order valence-corrected chi connectivity index (χ2v) is 3.25. The van der Waals surface area contributed by atoms with Gasteiger partial charge in [0.05, 0.1) is 11.9 Å². The number of hydrogen-bond donors (Lipinski definition) is 1. The van der Waals surface area contributed by atoms with Crippen LogP contribution in [0.1, 0.15) is 0 Å². The van der Waals surface area contributed by atoms with Crippen LogP contribution in [0, 0.1) is 0 Å². The van der Waals surface area contributed by atoms with Gasteiger partial charge in [-0.25, -0.2) is 14.9 Å². The molecule has 0 atom stereocenters. The maximum absolute atomic E-state index is 11.2. The summed E-state index contributed by atoms with van der Waals surface area (Å²) in [5.74, 6) is 0.270. The molecule has 16 heavy (non-hydrogen) atoms. The van der Waals surface area contributed by atoms with Crippen LogP contribution in [0.15, 0.2) is 41.3 Å². The lowest BCUT2D eigenvalue weighted by molar-refractivity contribution is 0.862. The van der Waals surface area contributed by atoms with Crippen LogP contribution in [0.3, 0.4) is 0 Å². The van der Waals surface area contributed by atoms with Gasteiger partial charge in [0.15, 0.2) is 0 Å². The van der Waals surface area contributed by atoms with Crippen LogP contribution in [-0.2, 0) is 0 Å². The van der Waals surface area contributed by atoms with E-state index in [0.29, 0.717) is 5.69 Å². The van der Waals surface area contributed by atoms with Gasteiger partial charge in [-0.2, -0.15) is 5.10 Å². The van der Waals surface area contributed by atoms with Crippen LogP contribution in [0.25, 0.3) is 17.0 Å². The molecule has 0 fully saturated rings. The lowest BCUT2D eigenvalue weighted by Crippen LogP contribution is -2.12. The van der Waals surface area contributed by atoms with Crippen molar-refractivity contribution in [3.63, 3.8) is 0 Å². The van der Waals surface area contributed by atoms with Gasteiger partial charge >= 0.3 is 5.69 Å². The summed E-state index contributed by atoms with van der Waals surface area (Å²) in [6.45, 7) is 0. The van der Waals surface area contributed by atoms with Gasteiger partial charge in [0, 0.05) is 5.56 Å². The Labute approximate surface area is 89.6 Å². The van der Waals surface area contributed by atoms with Crippen LogP contribution < -0.4 is 5.69 Å². The standard InChI is InChI=1S/C10H7N5O/c16-10-14-13-9-12-8(6-11-15(9)10)7-4-2-1-3-5-7/h1-6H,(H,14,16). The Morgan fingerprint density at radius 3 is 2.81 bits per heavy atom. The van der Waals surface area contributed by atoms with Crippen molar-refractivity contribution in [2.45, 2.75) is 0 Å². The van der Waals surface area contributed by atoms with E-state index >= 15 is 0 Å². The molecule has 0 saturated carbocycles. The molecule has 3 aromatic rings. The number of hydrogen-bond acceptors (Lipinski definition) is 4. The quantitative estimate of drug-likeness (QED) is 0.637. The number of nitrogens with zero attached hydrogens (tertiary/aromatic N) is 4. The van der Waals surface area contributed by atoms with Gasteiger partial charge in [-0.1, -0.05) is 30.3 Å². The van der Waals surface area contributed by atoms with Crippen LogP contribution in [-0.4, -0.2) is 24.8 Å². The number of H-pyrrole nitrogens is 1. The molecule has 78 valence electrons. The predicted octanol–water partition coefficient (Wildman–Crippen LogP) is 0.480. The average Bonchev–Trinajstić information content (AvgIpc) is 2.72. The minimum absolute atomic E-state index is 0.270. The summed E-state index contributed by atoms with van der Waals surface area (Å²) in [5.41, 5.74) is 1.24. The molecular weight excluding hydrogens is 206 g/mol. The van der Waals surface area contributed by atoms with Gasteiger partial charge in [0.1, 0.15) is 0 Å². The molecular formula is C10H7N5O. The molecule has 0 radical (unpaired) electrons. The molecule has 1 N–H and O–H groups in total. The number of fused-ring (bicyclic) bond motifs is 1. The van der Waals surface area contributed by atoms with Gasteiger partial charge in [0.25, 0.3) is 5.78 Å². The Morgan fingerprint density at radius 1 is 1.19 bits per heavy atom. The molecule has 3 rings (SSSR count). The minimum atomic E-state index is -0.387. The summed E-state index contributed by atoms with van der Waals surface area (Å²) >= 11 is 0. The number of nitrogens with one attached hydrogen (secondary N) is 1. The Morgan fingerprint density at radius 2 is 2.00 bits per heavy atom. The fourth-order valence-corrected chi connectivity index (χ4v) is 1.46. The van der Waals surface area contributed by atoms with E-state index in [-0.39, 0.29) is 11.5 Å². The van der Waals surface area contributed by atoms with Crippen LogP contribution in [0.4, 0.5) is 0 Å². The monoisotopic (exact) mass is 213 g/mol. The molecule has 0 spiro atoms. The maximum atomic E-state index is 11.2. The smallest absolute Gasteiger partial charge is 0.244 e. The zero-order chi connectivity index (χ0) is 11.0. The zero-order valence-electron chi connectivity index (χ0n) is 8.16. The lowest BCUT2D eigenvalue weighted by Gasteiger charge is -1.98. The first-order valence-corrected chi connectivity index (χ1v) is 4.70. The van der Waals surface area contributed by atoms with E-state index in [1.165, 1.54) is 0 Å². The van der Waals surface area contributed by atoms with E-state index < -0.39 is 0 Å². The molecule has 0 unspecified atom stereocenters. The third-order valence-corrected chi connectivity index (χ3v) is 2.22. The highest BCUT2D eigenvalue weighted by molar-refractivity contribution is 5.58. The predicted molar refractivity (Wildman–Crippen MR) is 56.8 cm³/mol. The molecule has 0 aliphatic heterocycles. The highest BCUT2D eigenvalue weighted by Crippen LogP contribution is 2.14. The molecule has 0 aliphatic carbocycles. The third-order valence-electron chi connectivity index (χ3n) is 2.22. The summed E-state index contributed by atoms with van der Waals surface area (Å²) in [5, 5.41) is 10.0. The first-order chi connectivity index (χ1) is 7.84. The van der Waals surface area contributed by atoms with E-state index in [1.807, 2.05) is 30.3 Å². The van der Waals surface area contributed by atoms with Crippen molar-refractivity contribution < 1.29 is 0 Å². The first-order valence-electron chi connectivity index (χ1n) is 4.70. The maximum Gasteiger partial charge on any atom is 0.365 e. The summed E-state index contributed by atoms with van der Waals surface area (Å²) in [6.07, 6.45) is 1.54. The summed E-state index contributed by atoms with van der Waals surface area (Å²) < 4.78 is 1.12. The van der Waals surface area contributed by atoms with Crippen molar-refractivity contribution in [1.29, 1.82) is 0 Å². The highest BCUT2D eigenvalue weighted by atomic mass is 16.2. The fourth-order valence-electron chi connectivity index (χ4n) is 1.46. The van der Waals surface area contributed by atoms with Gasteiger partial charge in [0.2, 0.25) is 0 Å². The molecule has 2 heterocycles. The number of benzene rings is 1. The molecule has 0 saturated heterocycles. The Kier molecular flexibility index (Phi) is 1.79. The number of aromatic nitrogens is 5. The Bertz CT molecular complexity index is 685. The Balaban J connectivity index is 2.23. The van der Waals surface area contributed by atoms with E-state index in [1.54, 1.807) is 6.20 Å². The SMILES string of the molecule is O=c1[nH]nc2nc(-c3ccccc3)cnn12. The van der Waals surface area contributed by atoms with E-state index in [9.17, 15) is 4.79 Å². The van der Waals surface area contributed by atoms with Crippen molar-refractivity contribution in [2.75, 3.05) is 0 Å². The third kappa shape index (κ3) is 1.28. The van der Waals surface area contributed by atoms with Crippen molar-refractivity contribution in [1.82, 2.24) is 24.8 Å². The molecule has 2 aromatic heterocycles. The van der Waals surface area contributed by atoms with Crippen molar-refractivity contribution in [3.05, 3.63) is 47.0 Å². The van der Waals surface area contributed by atoms with Crippen LogP contribution in [0.2, 0.25) is 0 Å². The van der Waals surface area contributed by atoms with Gasteiger partial charge in [-0.05, 0) is 0 Å². The molecule has 0 bridgehead atoms. The molecule has 6 nitrogen and oxygen atoms in total. The lowest BCUT2D eigenvalue weighted by atomic mass is 10.2. The Hall–Kier alpha value is -2.50. The van der Waals surface area contributed by atoms with E-state index in [2.05, 4.69) is 20.3 Å². The summed E-state index contributed by atoms with van der Waals surface area (Å²) in [7, 11) is 0. The molecule has 0 aliphatic rings. The fraction of sp³-hybridized carbons (Fsp3) is 0. The first kappa shape index (κ1) is 8.78. The molecule has 0 amide bonds. The van der Waals surface area contributed by atoms with Crippen molar-refractivity contribution >= 4 is 5.78 Å². The van der Waals surface area contributed by atoms with Crippen molar-refractivity contribution in [2.24, 2.45) is 0 Å². The molecule has 6 heteroatoms. The average molecular weight is 213 g/mol. The number of rotatable bonds is 1. The van der Waals surface area contributed by atoms with E-state index in [0.717, 1.165) is 10.1 Å². The van der Waals surface area contributed by atoms with Crippen molar-refractivity contribution in [3.8, 4) is 11.3 Å². The summed E-state index contributed by atoms with van der Waals surface area (Å²) in [6, 6.07) is 9.60. The molecule has 1 aromatic carbocycles.